The van der Waals surface area contributed by atoms with E-state index in [1.54, 1.807) is 31.2 Å². The highest BCUT2D eigenvalue weighted by molar-refractivity contribution is 6.31. The van der Waals surface area contributed by atoms with E-state index in [9.17, 15) is 20.1 Å². The second kappa shape index (κ2) is 5.93. The standard InChI is InChI=1S/C16H12ClN3O4/c1-9-5-11(17)7-13-14(18-22)16(21)19(15(9)13)8-10-3-2-4-12(6-10)20(23)24/h2-7,21H,8H2,1H3. The molecular formula is C16H12ClN3O4. The molecule has 0 spiro atoms. The van der Waals surface area contributed by atoms with Crippen molar-refractivity contribution in [3.8, 4) is 5.88 Å². The molecule has 0 radical (unpaired) electrons. The summed E-state index contributed by atoms with van der Waals surface area (Å²) < 4.78 is 1.50. The second-order valence-electron chi connectivity index (χ2n) is 5.40. The van der Waals surface area contributed by atoms with Crippen molar-refractivity contribution in [2.45, 2.75) is 13.5 Å². The van der Waals surface area contributed by atoms with Gasteiger partial charge >= 0.3 is 0 Å². The number of nitro groups is 1. The van der Waals surface area contributed by atoms with Crippen molar-refractivity contribution in [1.29, 1.82) is 0 Å². The molecule has 2 aromatic carbocycles. The highest BCUT2D eigenvalue weighted by Gasteiger charge is 2.20. The summed E-state index contributed by atoms with van der Waals surface area (Å²) in [5, 5.41) is 25.0. The van der Waals surface area contributed by atoms with Crippen molar-refractivity contribution in [3.63, 3.8) is 0 Å². The molecule has 0 bridgehead atoms. The molecule has 3 rings (SSSR count). The lowest BCUT2D eigenvalue weighted by atomic mass is 10.1. The van der Waals surface area contributed by atoms with E-state index in [4.69, 9.17) is 11.6 Å². The Bertz CT molecular complexity index is 981. The van der Waals surface area contributed by atoms with Crippen LogP contribution < -0.4 is 0 Å². The third kappa shape index (κ3) is 2.59. The highest BCUT2D eigenvalue weighted by atomic mass is 35.5. The van der Waals surface area contributed by atoms with Gasteiger partial charge in [0.25, 0.3) is 5.69 Å². The summed E-state index contributed by atoms with van der Waals surface area (Å²) in [6, 6.07) is 9.35. The molecule has 0 atom stereocenters. The van der Waals surface area contributed by atoms with Crippen LogP contribution in [-0.2, 0) is 6.54 Å². The van der Waals surface area contributed by atoms with Gasteiger partial charge in [-0.1, -0.05) is 23.7 Å². The lowest BCUT2D eigenvalue weighted by molar-refractivity contribution is -0.384. The summed E-state index contributed by atoms with van der Waals surface area (Å²) in [5.41, 5.74) is 1.84. The van der Waals surface area contributed by atoms with Crippen molar-refractivity contribution in [1.82, 2.24) is 4.57 Å². The largest absolute Gasteiger partial charge is 0.493 e. The molecule has 0 aliphatic heterocycles. The summed E-state index contributed by atoms with van der Waals surface area (Å²) in [4.78, 5) is 21.5. The average Bonchev–Trinajstić information content (AvgIpc) is 2.79. The topological polar surface area (TPSA) is 97.7 Å². The molecule has 0 unspecified atom stereocenters. The lowest BCUT2D eigenvalue weighted by Crippen LogP contribution is -2.01. The maximum atomic E-state index is 11.1. The summed E-state index contributed by atoms with van der Waals surface area (Å²) >= 11 is 6.02. The minimum atomic E-state index is -0.486. The second-order valence-corrected chi connectivity index (χ2v) is 5.83. The van der Waals surface area contributed by atoms with Crippen LogP contribution in [0.2, 0.25) is 5.02 Å². The van der Waals surface area contributed by atoms with E-state index in [1.807, 2.05) is 0 Å². The average molecular weight is 346 g/mol. The van der Waals surface area contributed by atoms with E-state index in [2.05, 4.69) is 5.18 Å². The van der Waals surface area contributed by atoms with Crippen LogP contribution in [-0.4, -0.2) is 14.6 Å². The molecule has 0 aliphatic carbocycles. The third-order valence-corrected chi connectivity index (χ3v) is 4.03. The number of non-ortho nitro benzene ring substituents is 1. The number of nitrogens with zero attached hydrogens (tertiary/aromatic N) is 3. The van der Waals surface area contributed by atoms with Gasteiger partial charge in [-0.2, -0.15) is 0 Å². The summed E-state index contributed by atoms with van der Waals surface area (Å²) in [5.74, 6) is -0.295. The van der Waals surface area contributed by atoms with Gasteiger partial charge in [0.05, 0.1) is 17.0 Å². The lowest BCUT2D eigenvalue weighted by Gasteiger charge is -2.09. The van der Waals surface area contributed by atoms with E-state index in [0.29, 0.717) is 21.5 Å². The molecule has 0 saturated heterocycles. The fourth-order valence-electron chi connectivity index (χ4n) is 2.82. The fraction of sp³-hybridized carbons (Fsp3) is 0.125. The van der Waals surface area contributed by atoms with Crippen molar-refractivity contribution < 1.29 is 10.0 Å². The van der Waals surface area contributed by atoms with Crippen LogP contribution in [0.15, 0.2) is 41.6 Å². The molecule has 24 heavy (non-hydrogen) atoms. The van der Waals surface area contributed by atoms with Crippen molar-refractivity contribution in [2.75, 3.05) is 0 Å². The predicted molar refractivity (Wildman–Crippen MR) is 91.0 cm³/mol. The number of aromatic nitrogens is 1. The predicted octanol–water partition coefficient (Wildman–Crippen LogP) is 4.66. The molecule has 1 N–H and O–H groups in total. The Morgan fingerprint density at radius 3 is 2.75 bits per heavy atom. The third-order valence-electron chi connectivity index (χ3n) is 3.81. The van der Waals surface area contributed by atoms with Crippen LogP contribution in [0.25, 0.3) is 10.9 Å². The maximum absolute atomic E-state index is 11.1. The SMILES string of the molecule is Cc1cc(Cl)cc2c(N=O)c(O)n(Cc3cccc([N+](=O)[O-])c3)c12. The molecule has 8 heteroatoms. The number of nitroso groups, excluding NO2 is 1. The van der Waals surface area contributed by atoms with Gasteiger partial charge in [-0.15, -0.1) is 4.91 Å². The normalized spacial score (nSPS) is 10.9. The minimum absolute atomic E-state index is 0.0445. The number of benzene rings is 2. The first-order valence-electron chi connectivity index (χ1n) is 7.00. The Hall–Kier alpha value is -2.93. The summed E-state index contributed by atoms with van der Waals surface area (Å²) in [7, 11) is 0. The Morgan fingerprint density at radius 2 is 2.08 bits per heavy atom. The number of fused-ring (bicyclic) bond motifs is 1. The number of hydrogen-bond donors (Lipinski definition) is 1. The Kier molecular flexibility index (Phi) is 3.94. The van der Waals surface area contributed by atoms with Crippen LogP contribution in [0.5, 0.6) is 5.88 Å². The van der Waals surface area contributed by atoms with Gasteiger partial charge in [0.15, 0.2) is 5.69 Å². The zero-order chi connectivity index (χ0) is 17.4. The first-order valence-corrected chi connectivity index (χ1v) is 7.38. The maximum Gasteiger partial charge on any atom is 0.269 e. The molecular weight excluding hydrogens is 334 g/mol. The number of aromatic hydroxyl groups is 1. The smallest absolute Gasteiger partial charge is 0.269 e. The van der Waals surface area contributed by atoms with Crippen molar-refractivity contribution >= 4 is 33.9 Å². The van der Waals surface area contributed by atoms with E-state index in [-0.39, 0.29) is 23.8 Å². The van der Waals surface area contributed by atoms with E-state index < -0.39 is 4.92 Å². The number of rotatable bonds is 4. The zero-order valence-corrected chi connectivity index (χ0v) is 13.3. The molecule has 1 heterocycles. The summed E-state index contributed by atoms with van der Waals surface area (Å²) in [6.45, 7) is 1.95. The van der Waals surface area contributed by atoms with Crippen molar-refractivity contribution in [3.05, 3.63) is 67.6 Å². The van der Waals surface area contributed by atoms with E-state index in [0.717, 1.165) is 5.56 Å². The zero-order valence-electron chi connectivity index (χ0n) is 12.6. The van der Waals surface area contributed by atoms with Gasteiger partial charge in [0, 0.05) is 22.5 Å². The van der Waals surface area contributed by atoms with Crippen LogP contribution in [0.3, 0.4) is 0 Å². The van der Waals surface area contributed by atoms with E-state index >= 15 is 0 Å². The van der Waals surface area contributed by atoms with Crippen LogP contribution in [0.1, 0.15) is 11.1 Å². The fourth-order valence-corrected chi connectivity index (χ4v) is 3.10. The minimum Gasteiger partial charge on any atom is -0.493 e. The molecule has 3 aromatic rings. The first kappa shape index (κ1) is 15.9. The van der Waals surface area contributed by atoms with Gasteiger partial charge in [0.1, 0.15) is 0 Å². The molecule has 0 amide bonds. The van der Waals surface area contributed by atoms with Gasteiger partial charge in [-0.3, -0.25) is 10.1 Å². The summed E-state index contributed by atoms with van der Waals surface area (Å²) in [6.07, 6.45) is 0. The number of halogens is 1. The van der Waals surface area contributed by atoms with Crippen LogP contribution in [0, 0.1) is 21.9 Å². The molecule has 122 valence electrons. The number of aryl methyl sites for hydroxylation is 1. The Labute approximate surface area is 141 Å². The van der Waals surface area contributed by atoms with Gasteiger partial charge in [-0.05, 0) is 35.4 Å². The Balaban J connectivity index is 2.20. The van der Waals surface area contributed by atoms with E-state index in [1.165, 1.54) is 16.7 Å². The monoisotopic (exact) mass is 345 g/mol. The van der Waals surface area contributed by atoms with Crippen LogP contribution >= 0.6 is 11.6 Å². The molecule has 7 nitrogen and oxygen atoms in total. The van der Waals surface area contributed by atoms with Gasteiger partial charge < -0.3 is 9.67 Å². The Morgan fingerprint density at radius 1 is 1.33 bits per heavy atom. The quantitative estimate of drug-likeness (QED) is 0.422. The molecule has 0 saturated carbocycles. The van der Waals surface area contributed by atoms with Crippen molar-refractivity contribution in [2.24, 2.45) is 5.18 Å². The van der Waals surface area contributed by atoms with Crippen LogP contribution in [0.4, 0.5) is 11.4 Å². The number of nitro benzene ring substituents is 1. The molecule has 0 aliphatic rings. The molecule has 1 aromatic heterocycles. The first-order chi connectivity index (χ1) is 11.4. The number of hydrogen-bond acceptors (Lipinski definition) is 5. The van der Waals surface area contributed by atoms with Gasteiger partial charge in [-0.25, -0.2) is 0 Å². The van der Waals surface area contributed by atoms with Gasteiger partial charge in [0.2, 0.25) is 5.88 Å². The highest BCUT2D eigenvalue weighted by Crippen LogP contribution is 2.41. The molecule has 0 fully saturated rings.